The van der Waals surface area contributed by atoms with Gasteiger partial charge in [0.15, 0.2) is 9.84 Å². The van der Waals surface area contributed by atoms with E-state index in [4.69, 9.17) is 0 Å². The molecule has 1 aromatic carbocycles. The van der Waals surface area contributed by atoms with Crippen LogP contribution in [-0.2, 0) is 21.2 Å². The summed E-state index contributed by atoms with van der Waals surface area (Å²) in [6, 6.07) is 6.30. The summed E-state index contributed by atoms with van der Waals surface area (Å²) < 4.78 is 36.3. The Morgan fingerprint density at radius 3 is 2.77 bits per heavy atom. The van der Waals surface area contributed by atoms with E-state index < -0.39 is 9.84 Å². The van der Waals surface area contributed by atoms with E-state index in [1.54, 1.807) is 18.2 Å². The highest BCUT2D eigenvalue weighted by atomic mass is 32.2. The van der Waals surface area contributed by atoms with Crippen molar-refractivity contribution in [2.45, 2.75) is 25.4 Å². The van der Waals surface area contributed by atoms with Gasteiger partial charge in [-0.3, -0.25) is 4.79 Å². The average Bonchev–Trinajstić information content (AvgIpc) is 2.84. The van der Waals surface area contributed by atoms with E-state index in [1.807, 2.05) is 11.9 Å². The van der Waals surface area contributed by atoms with Crippen molar-refractivity contribution >= 4 is 15.7 Å². The molecule has 1 aliphatic heterocycles. The van der Waals surface area contributed by atoms with Gasteiger partial charge in [-0.2, -0.15) is 0 Å². The van der Waals surface area contributed by atoms with Crippen LogP contribution in [0.2, 0.25) is 0 Å². The van der Waals surface area contributed by atoms with E-state index in [2.05, 4.69) is 5.32 Å². The Morgan fingerprint density at radius 1 is 1.41 bits per heavy atom. The number of sulfone groups is 1. The van der Waals surface area contributed by atoms with Gasteiger partial charge in [-0.15, -0.1) is 0 Å². The third-order valence-corrected chi connectivity index (χ3v) is 5.71. The Hall–Kier alpha value is -1.47. The molecule has 0 radical (unpaired) electrons. The van der Waals surface area contributed by atoms with Crippen molar-refractivity contribution in [3.63, 3.8) is 0 Å². The third-order valence-electron chi connectivity index (χ3n) is 3.96. The fraction of sp³-hybridized carbons (Fsp3) is 0.533. The van der Waals surface area contributed by atoms with Crippen LogP contribution in [0.3, 0.4) is 0 Å². The van der Waals surface area contributed by atoms with Gasteiger partial charge < -0.3 is 10.2 Å². The van der Waals surface area contributed by atoms with Gasteiger partial charge in [0.05, 0.1) is 11.5 Å². The maximum Gasteiger partial charge on any atom is 0.221 e. The molecule has 122 valence electrons. The summed E-state index contributed by atoms with van der Waals surface area (Å²) in [5, 5.41) is 2.68. The molecule has 0 aliphatic carbocycles. The molecule has 1 amide bonds. The topological polar surface area (TPSA) is 66.5 Å². The SMILES string of the molecule is CN(CCC(=O)NCc1ccccc1F)C1CCS(=O)(=O)C1. The van der Waals surface area contributed by atoms with Crippen LogP contribution in [-0.4, -0.2) is 50.4 Å². The lowest BCUT2D eigenvalue weighted by molar-refractivity contribution is -0.121. The van der Waals surface area contributed by atoms with Crippen molar-refractivity contribution < 1.29 is 17.6 Å². The molecule has 1 atom stereocenters. The minimum absolute atomic E-state index is 0.00984. The second-order valence-electron chi connectivity index (χ2n) is 5.66. The molecule has 0 bridgehead atoms. The fourth-order valence-electron chi connectivity index (χ4n) is 2.51. The summed E-state index contributed by atoms with van der Waals surface area (Å²) in [6.07, 6.45) is 0.886. The molecule has 1 N–H and O–H groups in total. The van der Waals surface area contributed by atoms with Crippen molar-refractivity contribution in [1.29, 1.82) is 0 Å². The summed E-state index contributed by atoms with van der Waals surface area (Å²) in [6.45, 7) is 0.649. The van der Waals surface area contributed by atoms with Gasteiger partial charge in [-0.1, -0.05) is 18.2 Å². The molecular formula is C15H21FN2O3S. The van der Waals surface area contributed by atoms with Crippen molar-refractivity contribution in [2.75, 3.05) is 25.1 Å². The molecule has 1 aliphatic rings. The number of carbonyl (C=O) groups is 1. The summed E-state index contributed by atoms with van der Waals surface area (Å²) in [7, 11) is -1.08. The first-order valence-corrected chi connectivity index (χ1v) is 9.10. The third kappa shape index (κ3) is 4.78. The van der Waals surface area contributed by atoms with Crippen LogP contribution in [0.4, 0.5) is 4.39 Å². The quantitative estimate of drug-likeness (QED) is 0.844. The van der Waals surface area contributed by atoms with Crippen LogP contribution in [0.15, 0.2) is 24.3 Å². The van der Waals surface area contributed by atoms with E-state index in [9.17, 15) is 17.6 Å². The lowest BCUT2D eigenvalue weighted by Crippen LogP contribution is -2.36. The molecule has 1 unspecified atom stereocenters. The zero-order chi connectivity index (χ0) is 16.2. The summed E-state index contributed by atoms with van der Waals surface area (Å²) in [5.41, 5.74) is 0.450. The fourth-order valence-corrected chi connectivity index (χ4v) is 4.31. The number of nitrogens with one attached hydrogen (secondary N) is 1. The number of rotatable bonds is 6. The predicted octanol–water partition coefficient (Wildman–Crippen LogP) is 0.951. The molecule has 1 aromatic rings. The zero-order valence-corrected chi connectivity index (χ0v) is 13.4. The second-order valence-corrected chi connectivity index (χ2v) is 7.88. The van der Waals surface area contributed by atoms with Crippen molar-refractivity contribution in [1.82, 2.24) is 10.2 Å². The molecule has 0 aromatic heterocycles. The van der Waals surface area contributed by atoms with Crippen LogP contribution in [0.1, 0.15) is 18.4 Å². The second kappa shape index (κ2) is 7.19. The molecule has 22 heavy (non-hydrogen) atoms. The van der Waals surface area contributed by atoms with Gasteiger partial charge in [0.1, 0.15) is 5.82 Å². The lowest BCUT2D eigenvalue weighted by atomic mass is 10.2. The predicted molar refractivity (Wildman–Crippen MR) is 82.6 cm³/mol. The number of halogens is 1. The van der Waals surface area contributed by atoms with Gasteiger partial charge in [-0.25, -0.2) is 12.8 Å². The minimum Gasteiger partial charge on any atom is -0.352 e. The standard InChI is InChI=1S/C15H21FN2O3S/c1-18(13-7-9-22(20,21)11-13)8-6-15(19)17-10-12-4-2-3-5-14(12)16/h2-5,13H,6-11H2,1H3,(H,17,19). The maximum atomic E-state index is 13.4. The number of carbonyl (C=O) groups excluding carboxylic acids is 1. The Bertz CT molecular complexity index is 633. The molecule has 1 heterocycles. The van der Waals surface area contributed by atoms with Crippen molar-refractivity contribution in [2.24, 2.45) is 0 Å². The van der Waals surface area contributed by atoms with Gasteiger partial charge in [0.25, 0.3) is 0 Å². The van der Waals surface area contributed by atoms with Crippen LogP contribution >= 0.6 is 0 Å². The molecular weight excluding hydrogens is 307 g/mol. The van der Waals surface area contributed by atoms with E-state index in [0.29, 0.717) is 18.5 Å². The Morgan fingerprint density at radius 2 is 2.14 bits per heavy atom. The van der Waals surface area contributed by atoms with E-state index in [1.165, 1.54) is 6.07 Å². The van der Waals surface area contributed by atoms with E-state index >= 15 is 0 Å². The normalized spacial score (nSPS) is 20.2. The van der Waals surface area contributed by atoms with Crippen molar-refractivity contribution in [3.8, 4) is 0 Å². The molecule has 7 heteroatoms. The summed E-state index contributed by atoms with van der Waals surface area (Å²) in [5.74, 6) is -0.117. The number of amides is 1. The van der Waals surface area contributed by atoms with E-state index in [-0.39, 0.29) is 42.2 Å². The van der Waals surface area contributed by atoms with Crippen molar-refractivity contribution in [3.05, 3.63) is 35.6 Å². The first-order chi connectivity index (χ1) is 10.4. The van der Waals surface area contributed by atoms with E-state index in [0.717, 1.165) is 0 Å². The Labute approximate surface area is 130 Å². The highest BCUT2D eigenvalue weighted by Crippen LogP contribution is 2.16. The van der Waals surface area contributed by atoms with Gasteiger partial charge in [0.2, 0.25) is 5.91 Å². The van der Waals surface area contributed by atoms with Gasteiger partial charge >= 0.3 is 0 Å². The number of benzene rings is 1. The van der Waals surface area contributed by atoms with Gasteiger partial charge in [0, 0.05) is 31.1 Å². The Kier molecular flexibility index (Phi) is 5.52. The average molecular weight is 328 g/mol. The minimum atomic E-state index is -2.91. The first kappa shape index (κ1) is 16.9. The molecule has 5 nitrogen and oxygen atoms in total. The maximum absolute atomic E-state index is 13.4. The van der Waals surface area contributed by atoms with Crippen LogP contribution in [0, 0.1) is 5.82 Å². The number of nitrogens with zero attached hydrogens (tertiary/aromatic N) is 1. The smallest absolute Gasteiger partial charge is 0.221 e. The van der Waals surface area contributed by atoms with Crippen LogP contribution in [0.25, 0.3) is 0 Å². The van der Waals surface area contributed by atoms with Crippen LogP contribution in [0.5, 0.6) is 0 Å². The highest BCUT2D eigenvalue weighted by Gasteiger charge is 2.30. The van der Waals surface area contributed by atoms with Gasteiger partial charge in [-0.05, 0) is 19.5 Å². The largest absolute Gasteiger partial charge is 0.352 e. The zero-order valence-electron chi connectivity index (χ0n) is 12.6. The van der Waals surface area contributed by atoms with Crippen LogP contribution < -0.4 is 5.32 Å². The molecule has 2 rings (SSSR count). The molecule has 1 fully saturated rings. The first-order valence-electron chi connectivity index (χ1n) is 7.28. The number of hydrogen-bond donors (Lipinski definition) is 1. The summed E-state index contributed by atoms with van der Waals surface area (Å²) in [4.78, 5) is 13.7. The Balaban J connectivity index is 1.73. The highest BCUT2D eigenvalue weighted by molar-refractivity contribution is 7.91. The number of hydrogen-bond acceptors (Lipinski definition) is 4. The molecule has 0 spiro atoms. The monoisotopic (exact) mass is 328 g/mol. The summed E-state index contributed by atoms with van der Waals surface area (Å²) >= 11 is 0. The lowest BCUT2D eigenvalue weighted by Gasteiger charge is -2.22. The molecule has 0 saturated carbocycles. The molecule has 1 saturated heterocycles.